The van der Waals surface area contributed by atoms with Gasteiger partial charge in [0.05, 0.1) is 27.1 Å². The van der Waals surface area contributed by atoms with Gasteiger partial charge in [0, 0.05) is 12.1 Å². The average molecular weight is 506 g/mol. The first-order chi connectivity index (χ1) is 17.2. The zero-order valence-corrected chi connectivity index (χ0v) is 20.4. The van der Waals surface area contributed by atoms with Crippen LogP contribution < -0.4 is 4.74 Å². The number of hydrogen-bond donors (Lipinski definition) is 0. The quantitative estimate of drug-likeness (QED) is 0.187. The topological polar surface area (TPSA) is 121 Å². The van der Waals surface area contributed by atoms with Crippen LogP contribution in [0.15, 0.2) is 94.7 Å². The van der Waals surface area contributed by atoms with Crippen LogP contribution >= 0.6 is 0 Å². The van der Waals surface area contributed by atoms with Crippen molar-refractivity contribution in [1.82, 2.24) is 9.78 Å². The molecule has 9 nitrogen and oxygen atoms in total. The molecule has 3 aromatic carbocycles. The third-order valence-corrected chi connectivity index (χ3v) is 7.58. The van der Waals surface area contributed by atoms with E-state index in [0.717, 1.165) is 29.8 Å². The van der Waals surface area contributed by atoms with Gasteiger partial charge < -0.3 is 4.74 Å². The number of nitro groups is 1. The lowest BCUT2D eigenvalue weighted by atomic mass is 9.97. The van der Waals surface area contributed by atoms with Crippen LogP contribution in [-0.4, -0.2) is 29.1 Å². The predicted molar refractivity (Wildman–Crippen MR) is 132 cm³/mol. The number of hydrogen-bond acceptors (Lipinski definition) is 7. The van der Waals surface area contributed by atoms with E-state index >= 15 is 0 Å². The number of nitro benzene ring substituents is 1. The average Bonchev–Trinajstić information content (AvgIpc) is 3.22. The standard InChI is InChI=1S/C26H23N3O6S/c1-3-23(19-10-6-4-7-11-19)26(30)35-25-24(18(2)27-28(25)20-12-8-5-9-13-20)36(33,34)22-16-14-21(15-17-22)29(31)32/h4-17,23H,3H2,1-2H3. The van der Waals surface area contributed by atoms with Gasteiger partial charge in [0.25, 0.3) is 5.69 Å². The normalized spacial score (nSPS) is 12.2. The van der Waals surface area contributed by atoms with Crippen molar-refractivity contribution >= 4 is 21.5 Å². The molecule has 0 N–H and O–H groups in total. The Labute approximate surface area is 208 Å². The van der Waals surface area contributed by atoms with E-state index in [1.165, 1.54) is 11.6 Å². The Morgan fingerprint density at radius 1 is 1.00 bits per heavy atom. The number of para-hydroxylation sites is 1. The largest absolute Gasteiger partial charge is 0.405 e. The molecule has 0 radical (unpaired) electrons. The summed E-state index contributed by atoms with van der Waals surface area (Å²) in [5.74, 6) is -1.49. The zero-order chi connectivity index (χ0) is 25.9. The minimum Gasteiger partial charge on any atom is -0.405 e. The molecule has 10 heteroatoms. The lowest BCUT2D eigenvalue weighted by Crippen LogP contribution is -2.21. The number of non-ortho nitro benzene ring substituents is 1. The number of benzene rings is 3. The van der Waals surface area contributed by atoms with Gasteiger partial charge in [-0.25, -0.2) is 8.42 Å². The molecular weight excluding hydrogens is 482 g/mol. The molecule has 4 rings (SSSR count). The summed E-state index contributed by atoms with van der Waals surface area (Å²) < 4.78 is 34.4. The van der Waals surface area contributed by atoms with Gasteiger partial charge in [-0.3, -0.25) is 14.9 Å². The highest BCUT2D eigenvalue weighted by atomic mass is 32.2. The molecule has 0 bridgehead atoms. The molecule has 0 aliphatic carbocycles. The van der Waals surface area contributed by atoms with E-state index in [4.69, 9.17) is 4.74 Å². The van der Waals surface area contributed by atoms with Crippen molar-refractivity contribution in [2.45, 2.75) is 36.0 Å². The lowest BCUT2D eigenvalue weighted by Gasteiger charge is -2.16. The van der Waals surface area contributed by atoms with E-state index in [9.17, 15) is 23.3 Å². The number of carbonyl (C=O) groups excluding carboxylic acids is 1. The first-order valence-electron chi connectivity index (χ1n) is 11.1. The Hall–Kier alpha value is -4.31. The molecule has 36 heavy (non-hydrogen) atoms. The second-order valence-electron chi connectivity index (χ2n) is 8.01. The molecule has 0 aliphatic heterocycles. The summed E-state index contributed by atoms with van der Waals surface area (Å²) in [5, 5.41) is 15.4. The molecule has 0 aliphatic rings. The molecule has 0 saturated carbocycles. The summed E-state index contributed by atoms with van der Waals surface area (Å²) in [5.41, 5.74) is 1.12. The third kappa shape index (κ3) is 4.76. The zero-order valence-electron chi connectivity index (χ0n) is 19.6. The number of rotatable bonds is 8. The number of nitrogens with zero attached hydrogens (tertiary/aromatic N) is 3. The number of esters is 1. The van der Waals surface area contributed by atoms with Crippen molar-refractivity contribution in [3.63, 3.8) is 0 Å². The van der Waals surface area contributed by atoms with E-state index in [1.54, 1.807) is 30.3 Å². The van der Waals surface area contributed by atoms with E-state index < -0.39 is 26.6 Å². The maximum atomic E-state index is 13.7. The van der Waals surface area contributed by atoms with Crippen LogP contribution in [0.2, 0.25) is 0 Å². The SMILES string of the molecule is CCC(C(=O)Oc1c(S(=O)(=O)c2ccc([N+](=O)[O-])cc2)c(C)nn1-c1ccccc1)c1ccccc1. The highest BCUT2D eigenvalue weighted by molar-refractivity contribution is 7.91. The second kappa shape index (κ2) is 10.1. The molecule has 184 valence electrons. The van der Waals surface area contributed by atoms with E-state index in [1.807, 2.05) is 37.3 Å². The molecule has 4 aromatic rings. The summed E-state index contributed by atoms with van der Waals surface area (Å²) in [6.07, 6.45) is 0.436. The lowest BCUT2D eigenvalue weighted by molar-refractivity contribution is -0.384. The minimum atomic E-state index is -4.26. The van der Waals surface area contributed by atoms with Crippen LogP contribution in [0.4, 0.5) is 5.69 Å². The van der Waals surface area contributed by atoms with Crippen LogP contribution in [0.3, 0.4) is 0 Å². The molecule has 1 atom stereocenters. The molecule has 0 spiro atoms. The van der Waals surface area contributed by atoms with Crippen molar-refractivity contribution in [2.24, 2.45) is 0 Å². The first kappa shape index (κ1) is 24.8. The van der Waals surface area contributed by atoms with Crippen molar-refractivity contribution in [3.05, 3.63) is 106 Å². The van der Waals surface area contributed by atoms with Gasteiger partial charge in [-0.2, -0.15) is 9.78 Å². The fourth-order valence-electron chi connectivity index (χ4n) is 3.89. The summed E-state index contributed by atoms with van der Waals surface area (Å²) in [6, 6.07) is 22.3. The highest BCUT2D eigenvalue weighted by Gasteiger charge is 2.33. The van der Waals surface area contributed by atoms with Crippen molar-refractivity contribution in [1.29, 1.82) is 0 Å². The van der Waals surface area contributed by atoms with Crippen LogP contribution in [0.1, 0.15) is 30.5 Å². The van der Waals surface area contributed by atoms with Crippen molar-refractivity contribution in [2.75, 3.05) is 0 Å². The Balaban J connectivity index is 1.85. The predicted octanol–water partition coefficient (Wildman–Crippen LogP) is 5.02. The van der Waals surface area contributed by atoms with Gasteiger partial charge in [0.2, 0.25) is 15.7 Å². The van der Waals surface area contributed by atoms with Gasteiger partial charge in [-0.05, 0) is 43.2 Å². The summed E-state index contributed by atoms with van der Waals surface area (Å²) in [4.78, 5) is 23.3. The van der Waals surface area contributed by atoms with Crippen LogP contribution in [0.5, 0.6) is 5.88 Å². The summed E-state index contributed by atoms with van der Waals surface area (Å²) in [7, 11) is -4.26. The molecular formula is C26H23N3O6S. The number of sulfone groups is 1. The molecule has 1 heterocycles. The number of aryl methyl sites for hydroxylation is 1. The van der Waals surface area contributed by atoms with Gasteiger partial charge in [-0.15, -0.1) is 0 Å². The van der Waals surface area contributed by atoms with Gasteiger partial charge in [0.1, 0.15) is 0 Å². The monoisotopic (exact) mass is 505 g/mol. The van der Waals surface area contributed by atoms with Gasteiger partial charge >= 0.3 is 5.97 Å². The first-order valence-corrected chi connectivity index (χ1v) is 12.6. The second-order valence-corrected chi connectivity index (χ2v) is 9.90. The molecule has 1 aromatic heterocycles. The maximum absolute atomic E-state index is 13.7. The van der Waals surface area contributed by atoms with Crippen molar-refractivity contribution < 1.29 is 22.9 Å². The van der Waals surface area contributed by atoms with Crippen molar-refractivity contribution in [3.8, 4) is 11.6 Å². The summed E-state index contributed by atoms with van der Waals surface area (Å²) in [6.45, 7) is 3.34. The van der Waals surface area contributed by atoms with E-state index in [-0.39, 0.29) is 27.1 Å². The Morgan fingerprint density at radius 3 is 2.14 bits per heavy atom. The van der Waals surface area contributed by atoms with E-state index in [2.05, 4.69) is 5.10 Å². The van der Waals surface area contributed by atoms with Gasteiger partial charge in [-0.1, -0.05) is 55.5 Å². The molecule has 0 saturated heterocycles. The maximum Gasteiger partial charge on any atom is 0.320 e. The summed E-state index contributed by atoms with van der Waals surface area (Å²) >= 11 is 0. The molecule has 1 unspecified atom stereocenters. The molecule has 0 fully saturated rings. The minimum absolute atomic E-state index is 0.118. The highest BCUT2D eigenvalue weighted by Crippen LogP contribution is 2.36. The fraction of sp³-hybridized carbons (Fsp3) is 0.154. The molecule has 0 amide bonds. The fourth-order valence-corrected chi connectivity index (χ4v) is 5.41. The Morgan fingerprint density at radius 2 is 1.58 bits per heavy atom. The Kier molecular flexibility index (Phi) is 6.98. The number of aromatic nitrogens is 2. The third-order valence-electron chi connectivity index (χ3n) is 5.68. The van der Waals surface area contributed by atoms with Crippen LogP contribution in [0.25, 0.3) is 5.69 Å². The number of carbonyl (C=O) groups is 1. The van der Waals surface area contributed by atoms with Crippen LogP contribution in [-0.2, 0) is 14.6 Å². The smallest absolute Gasteiger partial charge is 0.320 e. The van der Waals surface area contributed by atoms with E-state index in [0.29, 0.717) is 12.1 Å². The number of ether oxygens (including phenoxy) is 1. The van der Waals surface area contributed by atoms with Gasteiger partial charge in [0.15, 0.2) is 4.90 Å². The Bertz CT molecular complexity index is 1500. The van der Waals surface area contributed by atoms with Crippen LogP contribution in [0, 0.1) is 17.0 Å².